The standard InChI is InChI=1S/C19H17N3O8/c1-7-13-14-16(25)22(15-10(4)20-8(2)9(3)21-15)17(7)29-12(24)6-19(27,18(26)30-13)5-11(23)28-14/h27H,5-6H2,1-4H3. The van der Waals surface area contributed by atoms with Crippen LogP contribution in [0, 0.1) is 27.7 Å². The van der Waals surface area contributed by atoms with Gasteiger partial charge in [0.2, 0.25) is 11.6 Å². The monoisotopic (exact) mass is 415 g/mol. The Morgan fingerprint density at radius 3 is 2.10 bits per heavy atom. The van der Waals surface area contributed by atoms with Crippen molar-refractivity contribution in [2.24, 2.45) is 0 Å². The fourth-order valence-corrected chi connectivity index (χ4v) is 3.33. The van der Waals surface area contributed by atoms with Crippen LogP contribution in [0.2, 0.25) is 0 Å². The zero-order valence-electron chi connectivity index (χ0n) is 16.6. The molecule has 1 N–H and O–H groups in total. The van der Waals surface area contributed by atoms with Crippen molar-refractivity contribution in [3.8, 4) is 23.2 Å². The van der Waals surface area contributed by atoms with Gasteiger partial charge in [-0.3, -0.25) is 19.4 Å². The van der Waals surface area contributed by atoms with Gasteiger partial charge in [-0.25, -0.2) is 14.3 Å². The number of ether oxygens (including phenoxy) is 3. The zero-order valence-corrected chi connectivity index (χ0v) is 16.6. The van der Waals surface area contributed by atoms with Crippen molar-refractivity contribution in [1.82, 2.24) is 14.5 Å². The summed E-state index contributed by atoms with van der Waals surface area (Å²) in [5, 5.41) is 10.6. The van der Waals surface area contributed by atoms with E-state index in [9.17, 15) is 24.3 Å². The number of carbonyl (C=O) groups is 3. The predicted molar refractivity (Wildman–Crippen MR) is 97.7 cm³/mol. The number of fused-ring (bicyclic) bond motifs is 3. The van der Waals surface area contributed by atoms with Gasteiger partial charge in [0.25, 0.3) is 0 Å². The van der Waals surface area contributed by atoms with E-state index >= 15 is 0 Å². The first-order valence-electron chi connectivity index (χ1n) is 8.99. The zero-order chi connectivity index (χ0) is 22.0. The molecule has 0 saturated heterocycles. The fraction of sp³-hybridized carbons (Fsp3) is 0.368. The maximum absolute atomic E-state index is 13.3. The van der Waals surface area contributed by atoms with Crippen molar-refractivity contribution in [2.75, 3.05) is 0 Å². The van der Waals surface area contributed by atoms with Crippen molar-refractivity contribution >= 4 is 17.9 Å². The number of hydrogen-bond acceptors (Lipinski definition) is 10. The van der Waals surface area contributed by atoms with Gasteiger partial charge in [0, 0.05) is 0 Å². The van der Waals surface area contributed by atoms with Gasteiger partial charge in [-0.15, -0.1) is 0 Å². The lowest BCUT2D eigenvalue weighted by Crippen LogP contribution is -2.47. The molecule has 4 rings (SSSR count). The lowest BCUT2D eigenvalue weighted by molar-refractivity contribution is -0.168. The lowest BCUT2D eigenvalue weighted by atomic mass is 9.95. The van der Waals surface area contributed by atoms with Crippen LogP contribution in [-0.2, 0) is 14.4 Å². The van der Waals surface area contributed by atoms with Crippen LogP contribution >= 0.6 is 0 Å². The van der Waals surface area contributed by atoms with Crippen LogP contribution in [0.3, 0.4) is 0 Å². The SMILES string of the molecule is Cc1nc(C)c(-n2c3c(C)c4c(c2=O)OC(=O)CC(O)(CC(=O)O3)C(=O)O4)nc1C. The maximum atomic E-state index is 13.3. The molecule has 0 spiro atoms. The summed E-state index contributed by atoms with van der Waals surface area (Å²) in [6, 6.07) is 0. The van der Waals surface area contributed by atoms with Gasteiger partial charge < -0.3 is 19.3 Å². The third kappa shape index (κ3) is 2.86. The molecule has 0 radical (unpaired) electrons. The van der Waals surface area contributed by atoms with Gasteiger partial charge in [0.15, 0.2) is 17.2 Å². The van der Waals surface area contributed by atoms with Crippen molar-refractivity contribution in [3.05, 3.63) is 33.0 Å². The molecule has 11 heteroatoms. The van der Waals surface area contributed by atoms with Crippen LogP contribution < -0.4 is 19.8 Å². The van der Waals surface area contributed by atoms with Crippen LogP contribution in [0.5, 0.6) is 17.4 Å². The predicted octanol–water partition coefficient (Wildman–Crippen LogP) is 0.116. The average Bonchev–Trinajstić information content (AvgIpc) is 2.65. The summed E-state index contributed by atoms with van der Waals surface area (Å²) in [5.41, 5.74) is -1.89. The number of nitrogens with zero attached hydrogens (tertiary/aromatic N) is 3. The Labute approximate surface area is 169 Å². The summed E-state index contributed by atoms with van der Waals surface area (Å²) in [6.07, 6.45) is -1.76. The second-order valence-corrected chi connectivity index (χ2v) is 7.26. The molecule has 0 aromatic carbocycles. The van der Waals surface area contributed by atoms with E-state index in [1.807, 2.05) is 0 Å². The highest BCUT2D eigenvalue weighted by atomic mass is 16.6. The first-order valence-corrected chi connectivity index (χ1v) is 8.99. The maximum Gasteiger partial charge on any atom is 0.344 e. The summed E-state index contributed by atoms with van der Waals surface area (Å²) in [4.78, 5) is 59.3. The molecule has 4 heterocycles. The summed E-state index contributed by atoms with van der Waals surface area (Å²) in [6.45, 7) is 6.45. The first-order chi connectivity index (χ1) is 14.0. The molecule has 1 unspecified atom stereocenters. The number of carbonyl (C=O) groups excluding carboxylic acids is 3. The number of hydrogen-bond donors (Lipinski definition) is 1. The minimum absolute atomic E-state index is 0.0321. The summed E-state index contributed by atoms with van der Waals surface area (Å²) >= 11 is 0. The molecule has 0 amide bonds. The number of pyridine rings is 1. The molecule has 0 fully saturated rings. The van der Waals surface area contributed by atoms with Crippen molar-refractivity contribution < 1.29 is 33.7 Å². The Morgan fingerprint density at radius 1 is 0.833 bits per heavy atom. The molecule has 0 aliphatic carbocycles. The Balaban J connectivity index is 2.13. The van der Waals surface area contributed by atoms with Gasteiger partial charge in [0.1, 0.15) is 0 Å². The van der Waals surface area contributed by atoms with E-state index in [4.69, 9.17) is 14.2 Å². The van der Waals surface area contributed by atoms with Gasteiger partial charge in [-0.2, -0.15) is 0 Å². The van der Waals surface area contributed by atoms with Crippen LogP contribution in [0.15, 0.2) is 4.79 Å². The molecule has 30 heavy (non-hydrogen) atoms. The summed E-state index contributed by atoms with van der Waals surface area (Å²) in [5.74, 6) is -4.59. The molecule has 156 valence electrons. The highest BCUT2D eigenvalue weighted by molar-refractivity contribution is 5.94. The third-order valence-electron chi connectivity index (χ3n) is 5.01. The quantitative estimate of drug-likeness (QED) is 0.637. The van der Waals surface area contributed by atoms with Crippen molar-refractivity contribution in [2.45, 2.75) is 46.1 Å². The third-order valence-corrected chi connectivity index (χ3v) is 5.01. The Kier molecular flexibility index (Phi) is 4.24. The second kappa shape index (κ2) is 6.46. The van der Waals surface area contributed by atoms with Crippen molar-refractivity contribution in [1.29, 1.82) is 0 Å². The number of aliphatic hydroxyl groups is 1. The fourth-order valence-electron chi connectivity index (χ4n) is 3.33. The van der Waals surface area contributed by atoms with E-state index in [2.05, 4.69) is 9.97 Å². The molecular formula is C19H17N3O8. The van der Waals surface area contributed by atoms with Crippen LogP contribution in [0.4, 0.5) is 0 Å². The smallest absolute Gasteiger partial charge is 0.344 e. The Bertz CT molecular complexity index is 1220. The second-order valence-electron chi connectivity index (χ2n) is 7.26. The van der Waals surface area contributed by atoms with Gasteiger partial charge in [0.05, 0.1) is 35.5 Å². The van der Waals surface area contributed by atoms with E-state index in [0.717, 1.165) is 4.57 Å². The van der Waals surface area contributed by atoms with E-state index in [1.165, 1.54) is 6.92 Å². The number of rotatable bonds is 1. The highest BCUT2D eigenvalue weighted by Gasteiger charge is 2.48. The normalized spacial score (nSPS) is 20.5. The summed E-state index contributed by atoms with van der Waals surface area (Å²) in [7, 11) is 0. The molecule has 2 aromatic heterocycles. The molecule has 3 bridgehead atoms. The topological polar surface area (TPSA) is 147 Å². The van der Waals surface area contributed by atoms with Crippen molar-refractivity contribution in [3.63, 3.8) is 0 Å². The largest absolute Gasteiger partial charge is 0.420 e. The minimum atomic E-state index is -2.49. The average molecular weight is 415 g/mol. The first kappa shape index (κ1) is 19.7. The molecule has 0 saturated carbocycles. The summed E-state index contributed by atoms with van der Waals surface area (Å²) < 4.78 is 16.6. The van der Waals surface area contributed by atoms with Gasteiger partial charge >= 0.3 is 23.5 Å². The number of aromatic nitrogens is 3. The van der Waals surface area contributed by atoms with Gasteiger partial charge in [-0.05, 0) is 27.7 Å². The minimum Gasteiger partial charge on any atom is -0.420 e. The van der Waals surface area contributed by atoms with E-state index in [-0.39, 0.29) is 17.3 Å². The number of esters is 3. The van der Waals surface area contributed by atoms with Crippen LogP contribution in [0.1, 0.15) is 35.5 Å². The molecule has 2 aliphatic rings. The molecule has 2 aliphatic heterocycles. The van der Waals surface area contributed by atoms with Gasteiger partial charge in [-0.1, -0.05) is 0 Å². The Hall–Kier alpha value is -3.60. The number of aryl methyl sites for hydroxylation is 3. The molecule has 11 nitrogen and oxygen atoms in total. The van der Waals surface area contributed by atoms with E-state index < -0.39 is 53.4 Å². The van der Waals surface area contributed by atoms with Crippen LogP contribution in [0.25, 0.3) is 5.82 Å². The van der Waals surface area contributed by atoms with E-state index in [1.54, 1.807) is 20.8 Å². The lowest BCUT2D eigenvalue weighted by Gasteiger charge is -2.25. The van der Waals surface area contributed by atoms with E-state index in [0.29, 0.717) is 17.1 Å². The molecule has 1 atom stereocenters. The highest BCUT2D eigenvalue weighted by Crippen LogP contribution is 2.40. The molecular weight excluding hydrogens is 398 g/mol. The Morgan fingerprint density at radius 2 is 1.43 bits per heavy atom. The van der Waals surface area contributed by atoms with Crippen LogP contribution in [-0.4, -0.2) is 43.2 Å². The molecule has 2 aromatic rings.